The Morgan fingerprint density at radius 3 is 2.77 bits per heavy atom. The smallest absolute Gasteiger partial charge is 0.0933 e. The van der Waals surface area contributed by atoms with Gasteiger partial charge in [0, 0.05) is 4.88 Å². The predicted molar refractivity (Wildman–Crippen MR) is 60.1 cm³/mol. The first kappa shape index (κ1) is 8.30. The lowest BCUT2D eigenvalue weighted by atomic mass is 9.86. The molecule has 3 heteroatoms. The number of rotatable bonds is 0. The summed E-state index contributed by atoms with van der Waals surface area (Å²) in [6.45, 7) is 0. The molecule has 2 aliphatic carbocycles. The maximum atomic E-state index is 6.00. The van der Waals surface area contributed by atoms with Crippen molar-refractivity contribution in [2.24, 2.45) is 5.41 Å². The number of thiophene rings is 1. The molecule has 3 rings (SSSR count). The number of hydrogen-bond donors (Lipinski definition) is 1. The first-order valence-corrected chi connectivity index (χ1v) is 6.37. The largest absolute Gasteiger partial charge is 0.397 e. The van der Waals surface area contributed by atoms with Crippen molar-refractivity contribution in [1.82, 2.24) is 0 Å². The number of anilines is 1. The lowest BCUT2D eigenvalue weighted by Gasteiger charge is -2.21. The molecule has 13 heavy (non-hydrogen) atoms. The second kappa shape index (κ2) is 2.51. The van der Waals surface area contributed by atoms with Gasteiger partial charge < -0.3 is 5.73 Å². The van der Waals surface area contributed by atoms with Gasteiger partial charge in [-0.15, -0.1) is 11.3 Å². The van der Waals surface area contributed by atoms with Gasteiger partial charge in [-0.1, -0.05) is 0 Å². The minimum atomic E-state index is 0.712. The number of nitrogens with two attached hydrogens (primary N) is 1. The van der Waals surface area contributed by atoms with E-state index in [1.165, 1.54) is 37.7 Å². The molecule has 1 fully saturated rings. The summed E-state index contributed by atoms with van der Waals surface area (Å²) < 4.78 is 1.15. The van der Waals surface area contributed by atoms with E-state index in [0.717, 1.165) is 9.47 Å². The van der Waals surface area contributed by atoms with Crippen molar-refractivity contribution in [2.75, 3.05) is 5.73 Å². The number of fused-ring (bicyclic) bond motifs is 1. The van der Waals surface area contributed by atoms with E-state index in [0.29, 0.717) is 5.41 Å². The molecule has 2 N–H and O–H groups in total. The van der Waals surface area contributed by atoms with Crippen LogP contribution < -0.4 is 5.73 Å². The molecule has 0 atom stereocenters. The number of nitrogen functional groups attached to an aromatic ring is 1. The summed E-state index contributed by atoms with van der Waals surface area (Å²) >= 11 is 5.38. The van der Waals surface area contributed by atoms with Gasteiger partial charge in [-0.25, -0.2) is 0 Å². The van der Waals surface area contributed by atoms with Gasteiger partial charge in [0.25, 0.3) is 0 Å². The van der Waals surface area contributed by atoms with Gasteiger partial charge in [-0.05, 0) is 59.0 Å². The molecule has 1 aromatic heterocycles. The number of hydrogen-bond acceptors (Lipinski definition) is 2. The Balaban J connectivity index is 2.05. The zero-order valence-corrected chi connectivity index (χ0v) is 9.80. The minimum Gasteiger partial charge on any atom is -0.397 e. The predicted octanol–water partition coefficient (Wildman–Crippen LogP) is 3.36. The van der Waals surface area contributed by atoms with E-state index in [1.54, 1.807) is 4.88 Å². The molecule has 0 amide bonds. The molecular formula is C10H12BrNS. The van der Waals surface area contributed by atoms with Crippen molar-refractivity contribution in [3.05, 3.63) is 14.2 Å². The van der Waals surface area contributed by atoms with E-state index in [9.17, 15) is 0 Å². The number of halogens is 1. The van der Waals surface area contributed by atoms with Gasteiger partial charge in [0.1, 0.15) is 0 Å². The maximum Gasteiger partial charge on any atom is 0.0933 e. The highest BCUT2D eigenvalue weighted by molar-refractivity contribution is 9.11. The van der Waals surface area contributed by atoms with Gasteiger partial charge in [-0.3, -0.25) is 0 Å². The third-order valence-corrected chi connectivity index (χ3v) is 5.43. The second-order valence-corrected chi connectivity index (χ2v) is 6.79. The van der Waals surface area contributed by atoms with Crippen LogP contribution in [0, 0.1) is 5.41 Å². The van der Waals surface area contributed by atoms with Crippen molar-refractivity contribution >= 4 is 33.0 Å². The molecule has 2 aliphatic rings. The summed E-state index contributed by atoms with van der Waals surface area (Å²) in [6.07, 6.45) is 6.77. The Morgan fingerprint density at radius 1 is 1.31 bits per heavy atom. The summed E-state index contributed by atoms with van der Waals surface area (Å²) in [4.78, 5) is 1.55. The molecule has 0 unspecified atom stereocenters. The lowest BCUT2D eigenvalue weighted by Crippen LogP contribution is -2.13. The minimum absolute atomic E-state index is 0.712. The van der Waals surface area contributed by atoms with Crippen LogP contribution in [0.4, 0.5) is 5.69 Å². The Morgan fingerprint density at radius 2 is 2.08 bits per heavy atom. The normalized spacial score (nSPS) is 23.2. The Hall–Kier alpha value is -0.0200. The SMILES string of the molecule is Nc1c(Br)sc2c1CCC1(CC1)C2. The fourth-order valence-corrected chi connectivity index (χ4v) is 4.32. The molecule has 0 bridgehead atoms. The second-order valence-electron chi connectivity index (χ2n) is 4.37. The summed E-state index contributed by atoms with van der Waals surface area (Å²) in [7, 11) is 0. The standard InChI is InChI=1S/C10H12BrNS/c11-9-8(12)6-1-2-10(3-4-10)5-7(6)13-9/h1-5,12H2. The van der Waals surface area contributed by atoms with Crippen LogP contribution in [0.3, 0.4) is 0 Å². The molecule has 1 nitrogen and oxygen atoms in total. The van der Waals surface area contributed by atoms with Gasteiger partial charge in [-0.2, -0.15) is 0 Å². The van der Waals surface area contributed by atoms with Crippen molar-refractivity contribution in [1.29, 1.82) is 0 Å². The maximum absolute atomic E-state index is 6.00. The Bertz CT molecular complexity index is 365. The molecule has 0 radical (unpaired) electrons. The van der Waals surface area contributed by atoms with Crippen LogP contribution in [0.15, 0.2) is 3.79 Å². The fraction of sp³-hybridized carbons (Fsp3) is 0.600. The van der Waals surface area contributed by atoms with Crippen LogP contribution in [-0.2, 0) is 12.8 Å². The van der Waals surface area contributed by atoms with Crippen molar-refractivity contribution < 1.29 is 0 Å². The van der Waals surface area contributed by atoms with Gasteiger partial charge in [0.2, 0.25) is 0 Å². The molecule has 1 heterocycles. The third-order valence-electron chi connectivity index (χ3n) is 3.48. The van der Waals surface area contributed by atoms with Crippen molar-refractivity contribution in [2.45, 2.75) is 32.1 Å². The van der Waals surface area contributed by atoms with E-state index >= 15 is 0 Å². The highest BCUT2D eigenvalue weighted by Gasteiger charge is 2.45. The van der Waals surface area contributed by atoms with E-state index in [-0.39, 0.29) is 0 Å². The summed E-state index contributed by atoms with van der Waals surface area (Å²) in [5.74, 6) is 0. The first-order valence-electron chi connectivity index (χ1n) is 4.76. The summed E-state index contributed by atoms with van der Waals surface area (Å²) in [6, 6.07) is 0. The molecule has 0 saturated heterocycles. The van der Waals surface area contributed by atoms with Crippen molar-refractivity contribution in [3.8, 4) is 0 Å². The van der Waals surface area contributed by atoms with Gasteiger partial charge in [0.05, 0.1) is 9.47 Å². The average molecular weight is 258 g/mol. The summed E-state index contributed by atoms with van der Waals surface area (Å²) in [5.41, 5.74) is 9.16. The summed E-state index contributed by atoms with van der Waals surface area (Å²) in [5, 5.41) is 0. The highest BCUT2D eigenvalue weighted by Crippen LogP contribution is 2.57. The zero-order valence-electron chi connectivity index (χ0n) is 7.40. The van der Waals surface area contributed by atoms with E-state index in [1.807, 2.05) is 11.3 Å². The Kier molecular flexibility index (Phi) is 1.60. The molecule has 0 aliphatic heterocycles. The van der Waals surface area contributed by atoms with Crippen LogP contribution in [0.25, 0.3) is 0 Å². The topological polar surface area (TPSA) is 26.0 Å². The van der Waals surface area contributed by atoms with Crippen LogP contribution in [0.5, 0.6) is 0 Å². The zero-order chi connectivity index (χ0) is 9.05. The monoisotopic (exact) mass is 257 g/mol. The molecule has 70 valence electrons. The molecular weight excluding hydrogens is 246 g/mol. The quantitative estimate of drug-likeness (QED) is 0.758. The third kappa shape index (κ3) is 1.17. The first-order chi connectivity index (χ1) is 6.20. The van der Waals surface area contributed by atoms with E-state index in [2.05, 4.69) is 15.9 Å². The van der Waals surface area contributed by atoms with Gasteiger partial charge in [0.15, 0.2) is 0 Å². The van der Waals surface area contributed by atoms with Crippen LogP contribution in [0.2, 0.25) is 0 Å². The Labute approximate surface area is 90.5 Å². The average Bonchev–Trinajstić information content (AvgIpc) is 2.78. The fourth-order valence-electron chi connectivity index (χ4n) is 2.33. The van der Waals surface area contributed by atoms with E-state index < -0.39 is 0 Å². The van der Waals surface area contributed by atoms with Crippen LogP contribution in [0.1, 0.15) is 29.7 Å². The van der Waals surface area contributed by atoms with Crippen LogP contribution in [-0.4, -0.2) is 0 Å². The van der Waals surface area contributed by atoms with Crippen LogP contribution >= 0.6 is 27.3 Å². The molecule has 1 aromatic rings. The molecule has 1 saturated carbocycles. The highest BCUT2D eigenvalue weighted by atomic mass is 79.9. The van der Waals surface area contributed by atoms with Gasteiger partial charge >= 0.3 is 0 Å². The lowest BCUT2D eigenvalue weighted by molar-refractivity contribution is 0.444. The molecule has 1 spiro atoms. The van der Waals surface area contributed by atoms with E-state index in [4.69, 9.17) is 5.73 Å². The molecule has 0 aromatic carbocycles. The van der Waals surface area contributed by atoms with Crippen molar-refractivity contribution in [3.63, 3.8) is 0 Å².